The maximum Gasteiger partial charge on any atom is 0.326 e. The molecule has 1 aliphatic carbocycles. The molecule has 1 N–H and O–H groups in total. The lowest BCUT2D eigenvalue weighted by Crippen LogP contribution is -2.39. The Bertz CT molecular complexity index is 732. The number of hydrogen-bond acceptors (Lipinski definition) is 5. The molecule has 1 saturated heterocycles. The molecule has 7 heteroatoms. The molecule has 0 spiro atoms. The second-order valence-corrected chi connectivity index (χ2v) is 6.41. The van der Waals surface area contributed by atoms with Gasteiger partial charge in [0.15, 0.2) is 6.10 Å². The molecule has 1 heterocycles. The Labute approximate surface area is 151 Å². The molecule has 3 rings (SSSR count). The Kier molecular flexibility index (Phi) is 5.16. The number of carbonyl (C=O) groups excluding carboxylic acids is 4. The molecule has 0 radical (unpaired) electrons. The highest BCUT2D eigenvalue weighted by atomic mass is 16.5. The van der Waals surface area contributed by atoms with Crippen molar-refractivity contribution in [3.8, 4) is 0 Å². The first-order chi connectivity index (χ1) is 12.5. The molecule has 3 atom stereocenters. The number of nitrogens with one attached hydrogen (secondary N) is 1. The molecule has 2 aliphatic rings. The molecule has 7 nitrogen and oxygen atoms in total. The Morgan fingerprint density at radius 1 is 1.12 bits per heavy atom. The molecule has 0 aromatic heterocycles. The summed E-state index contributed by atoms with van der Waals surface area (Å²) in [7, 11) is 0. The fraction of sp³-hybridized carbons (Fsp3) is 0.368. The van der Waals surface area contributed by atoms with Crippen LogP contribution in [0.5, 0.6) is 0 Å². The van der Waals surface area contributed by atoms with E-state index < -0.39 is 24.5 Å². The van der Waals surface area contributed by atoms with Crippen molar-refractivity contribution in [1.29, 1.82) is 0 Å². The molecule has 0 saturated carbocycles. The van der Waals surface area contributed by atoms with Crippen LogP contribution in [0.3, 0.4) is 0 Å². The van der Waals surface area contributed by atoms with E-state index in [1.54, 1.807) is 24.3 Å². The number of para-hydroxylation sites is 1. The summed E-state index contributed by atoms with van der Waals surface area (Å²) in [5, 5.41) is 2.63. The number of ether oxygens (including phenoxy) is 1. The highest BCUT2D eigenvalue weighted by molar-refractivity contribution is 6.07. The number of carbonyl (C=O) groups is 4. The van der Waals surface area contributed by atoms with Crippen molar-refractivity contribution in [3.63, 3.8) is 0 Å². The molecule has 3 amide bonds. The van der Waals surface area contributed by atoms with Gasteiger partial charge in [-0.1, -0.05) is 30.4 Å². The first-order valence-corrected chi connectivity index (χ1v) is 8.53. The number of likely N-dealkylation sites (tertiary alicyclic amines) is 1. The van der Waals surface area contributed by atoms with Crippen molar-refractivity contribution >= 4 is 29.4 Å². The van der Waals surface area contributed by atoms with Gasteiger partial charge in [-0.3, -0.25) is 24.1 Å². The predicted octanol–water partition coefficient (Wildman–Crippen LogP) is 1.51. The minimum Gasteiger partial charge on any atom is -0.451 e. The quantitative estimate of drug-likeness (QED) is 0.490. The monoisotopic (exact) mass is 356 g/mol. The summed E-state index contributed by atoms with van der Waals surface area (Å²) in [5.74, 6) is -2.74. The highest BCUT2D eigenvalue weighted by Crippen LogP contribution is 2.34. The lowest BCUT2D eigenvalue weighted by atomic mass is 9.85. The van der Waals surface area contributed by atoms with E-state index in [2.05, 4.69) is 5.32 Å². The molecule has 26 heavy (non-hydrogen) atoms. The molecule has 136 valence electrons. The van der Waals surface area contributed by atoms with Crippen molar-refractivity contribution in [2.45, 2.75) is 25.9 Å². The average Bonchev–Trinajstić information content (AvgIpc) is 2.88. The number of allylic oxidation sites excluding steroid dienone is 2. The summed E-state index contributed by atoms with van der Waals surface area (Å²) < 4.78 is 5.08. The van der Waals surface area contributed by atoms with E-state index in [-0.39, 0.29) is 23.7 Å². The number of benzene rings is 1. The van der Waals surface area contributed by atoms with Crippen LogP contribution in [0.2, 0.25) is 0 Å². The zero-order valence-electron chi connectivity index (χ0n) is 14.4. The Morgan fingerprint density at radius 2 is 1.69 bits per heavy atom. The number of nitrogens with zero attached hydrogens (tertiary/aromatic N) is 1. The summed E-state index contributed by atoms with van der Waals surface area (Å²) in [4.78, 5) is 49.8. The maximum absolute atomic E-state index is 12.3. The number of anilines is 1. The third-order valence-corrected chi connectivity index (χ3v) is 4.60. The van der Waals surface area contributed by atoms with Gasteiger partial charge in [0.2, 0.25) is 11.8 Å². The Morgan fingerprint density at radius 3 is 2.27 bits per heavy atom. The fourth-order valence-corrected chi connectivity index (χ4v) is 3.21. The normalized spacial score (nSPS) is 22.7. The van der Waals surface area contributed by atoms with Gasteiger partial charge in [0.1, 0.15) is 6.54 Å². The van der Waals surface area contributed by atoms with Gasteiger partial charge in [0.25, 0.3) is 5.91 Å². The second kappa shape index (κ2) is 7.51. The van der Waals surface area contributed by atoms with Gasteiger partial charge in [0.05, 0.1) is 11.8 Å². The number of rotatable bonds is 5. The standard InChI is InChI=1S/C19H20N2O5/c1-12(17(23)20-13-7-3-2-4-8-13)26-16(22)11-21-18(24)14-9-5-6-10-15(14)19(21)25/h2-8,12,14-15H,9-11H2,1H3,(H,20,23)/t12-,14-,15+/m0/s1. The first-order valence-electron chi connectivity index (χ1n) is 8.53. The number of imide groups is 1. The SMILES string of the molecule is C[C@H](OC(=O)CN1C(=O)[C@H]2CC=CC[C@H]2C1=O)C(=O)Nc1ccccc1. The van der Waals surface area contributed by atoms with Gasteiger partial charge in [-0.25, -0.2) is 0 Å². The summed E-state index contributed by atoms with van der Waals surface area (Å²) >= 11 is 0. The van der Waals surface area contributed by atoms with Gasteiger partial charge in [0, 0.05) is 5.69 Å². The van der Waals surface area contributed by atoms with E-state index >= 15 is 0 Å². The molecule has 1 aromatic rings. The summed E-state index contributed by atoms with van der Waals surface area (Å²) in [6.07, 6.45) is 3.74. The van der Waals surface area contributed by atoms with Crippen LogP contribution in [0.1, 0.15) is 19.8 Å². The molecular weight excluding hydrogens is 336 g/mol. The van der Waals surface area contributed by atoms with Gasteiger partial charge in [-0.2, -0.15) is 0 Å². The first kappa shape index (κ1) is 17.8. The maximum atomic E-state index is 12.3. The molecule has 1 aliphatic heterocycles. The Hall–Kier alpha value is -2.96. The van der Waals surface area contributed by atoms with Crippen molar-refractivity contribution in [2.24, 2.45) is 11.8 Å². The van der Waals surface area contributed by atoms with E-state index in [0.29, 0.717) is 18.5 Å². The van der Waals surface area contributed by atoms with Crippen LogP contribution in [0.4, 0.5) is 5.69 Å². The van der Waals surface area contributed by atoms with Crippen LogP contribution in [0.15, 0.2) is 42.5 Å². The minimum absolute atomic E-state index is 0.345. The molecule has 0 bridgehead atoms. The van der Waals surface area contributed by atoms with E-state index in [0.717, 1.165) is 4.90 Å². The van der Waals surface area contributed by atoms with Gasteiger partial charge in [-0.05, 0) is 31.9 Å². The zero-order valence-corrected chi connectivity index (χ0v) is 14.4. The number of fused-ring (bicyclic) bond motifs is 1. The van der Waals surface area contributed by atoms with Crippen LogP contribution < -0.4 is 5.32 Å². The van der Waals surface area contributed by atoms with Gasteiger partial charge < -0.3 is 10.1 Å². The number of esters is 1. The third-order valence-electron chi connectivity index (χ3n) is 4.60. The van der Waals surface area contributed by atoms with Crippen LogP contribution >= 0.6 is 0 Å². The summed E-state index contributed by atoms with van der Waals surface area (Å²) in [5.41, 5.74) is 0.585. The lowest BCUT2D eigenvalue weighted by molar-refractivity contribution is -0.158. The average molecular weight is 356 g/mol. The fourth-order valence-electron chi connectivity index (χ4n) is 3.21. The van der Waals surface area contributed by atoms with Crippen LogP contribution in [-0.2, 0) is 23.9 Å². The highest BCUT2D eigenvalue weighted by Gasteiger charge is 2.47. The zero-order chi connectivity index (χ0) is 18.7. The lowest BCUT2D eigenvalue weighted by Gasteiger charge is -2.17. The summed E-state index contributed by atoms with van der Waals surface area (Å²) in [6, 6.07) is 8.78. The number of hydrogen-bond donors (Lipinski definition) is 1. The van der Waals surface area contributed by atoms with Crippen molar-refractivity contribution < 1.29 is 23.9 Å². The molecule has 1 aromatic carbocycles. The molecule has 0 unspecified atom stereocenters. The second-order valence-electron chi connectivity index (χ2n) is 6.41. The van der Waals surface area contributed by atoms with Crippen LogP contribution in [-0.4, -0.2) is 41.2 Å². The van der Waals surface area contributed by atoms with Crippen LogP contribution in [0.25, 0.3) is 0 Å². The minimum atomic E-state index is -1.04. The van der Waals surface area contributed by atoms with Crippen LogP contribution in [0, 0.1) is 11.8 Å². The van der Waals surface area contributed by atoms with Crippen molar-refractivity contribution in [3.05, 3.63) is 42.5 Å². The van der Waals surface area contributed by atoms with E-state index in [9.17, 15) is 19.2 Å². The smallest absolute Gasteiger partial charge is 0.326 e. The third kappa shape index (κ3) is 3.66. The van der Waals surface area contributed by atoms with Gasteiger partial charge in [-0.15, -0.1) is 0 Å². The largest absolute Gasteiger partial charge is 0.451 e. The molecular formula is C19H20N2O5. The predicted molar refractivity (Wildman–Crippen MR) is 92.7 cm³/mol. The van der Waals surface area contributed by atoms with Crippen molar-refractivity contribution in [1.82, 2.24) is 4.90 Å². The van der Waals surface area contributed by atoms with E-state index in [1.165, 1.54) is 6.92 Å². The van der Waals surface area contributed by atoms with Crippen molar-refractivity contribution in [2.75, 3.05) is 11.9 Å². The Balaban J connectivity index is 1.54. The van der Waals surface area contributed by atoms with Gasteiger partial charge >= 0.3 is 5.97 Å². The van der Waals surface area contributed by atoms with E-state index in [4.69, 9.17) is 4.74 Å². The molecule has 1 fully saturated rings. The topological polar surface area (TPSA) is 92.8 Å². The summed E-state index contributed by atoms with van der Waals surface area (Å²) in [6.45, 7) is 0.973. The van der Waals surface area contributed by atoms with E-state index in [1.807, 2.05) is 18.2 Å². The number of amides is 3.